The molecule has 0 amide bonds. The van der Waals surface area contributed by atoms with Crippen LogP contribution in [0.15, 0.2) is 22.8 Å². The first kappa shape index (κ1) is 27.1. The highest BCUT2D eigenvalue weighted by Crippen LogP contribution is 2.68. The third-order valence-corrected chi connectivity index (χ3v) is 8.22. The van der Waals surface area contributed by atoms with Gasteiger partial charge >= 0.3 is 23.9 Å². The summed E-state index contributed by atoms with van der Waals surface area (Å²) in [5, 5.41) is 12.1. The minimum atomic E-state index is -1.79. The van der Waals surface area contributed by atoms with E-state index in [1.807, 2.05) is 0 Å². The van der Waals surface area contributed by atoms with Crippen molar-refractivity contribution in [1.82, 2.24) is 0 Å². The maximum Gasteiger partial charge on any atom is 0.374 e. The molecule has 1 aliphatic heterocycles. The summed E-state index contributed by atoms with van der Waals surface area (Å²) in [6.45, 7) is 10.4. The number of furan rings is 1. The Kier molecular flexibility index (Phi) is 6.48. The van der Waals surface area contributed by atoms with Crippen LogP contribution in [0.3, 0.4) is 0 Å². The molecule has 3 aliphatic rings. The van der Waals surface area contributed by atoms with Crippen LogP contribution in [0, 0.1) is 11.3 Å². The Bertz CT molecular complexity index is 1090. The van der Waals surface area contributed by atoms with Crippen LogP contribution in [0.5, 0.6) is 0 Å². The zero-order valence-electron chi connectivity index (χ0n) is 22.1. The molecule has 2 bridgehead atoms. The fourth-order valence-corrected chi connectivity index (χ4v) is 6.95. The van der Waals surface area contributed by atoms with Crippen molar-refractivity contribution in [3.8, 4) is 0 Å². The van der Waals surface area contributed by atoms with Crippen molar-refractivity contribution in [1.29, 1.82) is 0 Å². The topological polar surface area (TPSA) is 148 Å². The van der Waals surface area contributed by atoms with Crippen molar-refractivity contribution in [2.75, 3.05) is 0 Å². The Hall–Kier alpha value is -2.92. The number of esters is 4. The normalized spacial score (nSPS) is 39.7. The van der Waals surface area contributed by atoms with Crippen LogP contribution < -0.4 is 0 Å². The summed E-state index contributed by atoms with van der Waals surface area (Å²) in [5.74, 6) is -3.25. The van der Waals surface area contributed by atoms with E-state index in [0.717, 1.165) is 0 Å². The quantitative estimate of drug-likeness (QED) is 0.449. The number of ether oxygens (including phenoxy) is 5. The first-order valence-corrected chi connectivity index (χ1v) is 12.3. The highest BCUT2D eigenvalue weighted by Gasteiger charge is 2.84. The van der Waals surface area contributed by atoms with Gasteiger partial charge in [0, 0.05) is 33.1 Å². The highest BCUT2D eigenvalue weighted by molar-refractivity contribution is 5.86. The number of fused-ring (bicyclic) bond motifs is 1. The summed E-state index contributed by atoms with van der Waals surface area (Å²) in [4.78, 5) is 49.8. The van der Waals surface area contributed by atoms with E-state index in [1.54, 1.807) is 20.8 Å². The summed E-state index contributed by atoms with van der Waals surface area (Å²) >= 11 is 0. The Morgan fingerprint density at radius 1 is 0.919 bits per heavy atom. The summed E-state index contributed by atoms with van der Waals surface area (Å²) in [7, 11) is 0. The number of hydrogen-bond acceptors (Lipinski definition) is 11. The average Bonchev–Trinajstić information content (AvgIpc) is 3.33. The number of carbonyl (C=O) groups is 4. The van der Waals surface area contributed by atoms with Crippen LogP contribution in [0.25, 0.3) is 0 Å². The van der Waals surface area contributed by atoms with E-state index in [0.29, 0.717) is 0 Å². The number of hydrogen-bond donors (Lipinski definition) is 1. The molecule has 3 fully saturated rings. The zero-order valence-corrected chi connectivity index (χ0v) is 22.1. The smallest absolute Gasteiger partial charge is 0.374 e. The molecule has 0 unspecified atom stereocenters. The Morgan fingerprint density at radius 3 is 2.05 bits per heavy atom. The molecule has 4 rings (SSSR count). The minimum Gasteiger partial charge on any atom is -0.459 e. The molecular weight excluding hydrogens is 488 g/mol. The lowest BCUT2D eigenvalue weighted by Crippen LogP contribution is -2.81. The Morgan fingerprint density at radius 2 is 1.51 bits per heavy atom. The van der Waals surface area contributed by atoms with Crippen molar-refractivity contribution in [3.63, 3.8) is 0 Å². The lowest BCUT2D eigenvalue weighted by molar-refractivity contribution is -0.344. The highest BCUT2D eigenvalue weighted by atomic mass is 16.6. The third-order valence-electron chi connectivity index (χ3n) is 8.22. The first-order valence-electron chi connectivity index (χ1n) is 12.3. The van der Waals surface area contributed by atoms with Gasteiger partial charge in [-0.25, -0.2) is 4.79 Å². The van der Waals surface area contributed by atoms with E-state index in [1.165, 1.54) is 46.1 Å². The second kappa shape index (κ2) is 8.83. The van der Waals surface area contributed by atoms with Crippen LogP contribution in [-0.2, 0) is 38.1 Å². The van der Waals surface area contributed by atoms with Gasteiger partial charge in [-0.3, -0.25) is 14.4 Å². The van der Waals surface area contributed by atoms with Gasteiger partial charge in [0.05, 0.1) is 22.9 Å². The third kappa shape index (κ3) is 4.03. The van der Waals surface area contributed by atoms with E-state index >= 15 is 0 Å². The SMILES string of the molecule is CC(=O)O[C@H]1C[C@@](C)(O)[C@]23OC(C)(C)[C@H](C[C@H](OC(=O)c4ccco4)[C@]2(C)[C@H]1OC(C)=O)[C@H]3OC(C)=O. The second-order valence-corrected chi connectivity index (χ2v) is 11.1. The van der Waals surface area contributed by atoms with Gasteiger partial charge < -0.3 is 33.2 Å². The lowest BCUT2D eigenvalue weighted by atomic mass is 9.47. The van der Waals surface area contributed by atoms with Crippen molar-refractivity contribution in [2.24, 2.45) is 11.3 Å². The van der Waals surface area contributed by atoms with Crippen LogP contribution in [-0.4, -0.2) is 70.2 Å². The van der Waals surface area contributed by atoms with Gasteiger partial charge in [0.2, 0.25) is 5.76 Å². The summed E-state index contributed by atoms with van der Waals surface area (Å²) < 4.78 is 35.1. The predicted octanol–water partition coefficient (Wildman–Crippen LogP) is 2.33. The molecule has 1 saturated heterocycles. The van der Waals surface area contributed by atoms with Crippen molar-refractivity contribution < 1.29 is 52.4 Å². The number of rotatable bonds is 5. The summed E-state index contributed by atoms with van der Waals surface area (Å²) in [6.07, 6.45) is -3.09. The van der Waals surface area contributed by atoms with Gasteiger partial charge in [0.15, 0.2) is 6.10 Å². The summed E-state index contributed by atoms with van der Waals surface area (Å²) in [6, 6.07) is 2.99. The van der Waals surface area contributed by atoms with E-state index in [4.69, 9.17) is 28.1 Å². The molecule has 0 radical (unpaired) electrons. The standard InChI is InChI=1S/C26H34O11/c1-13(27)33-18-12-24(6,31)26-20(34-14(2)28)16(23(4,5)37-26)11-19(25(26,7)21(18)35-15(3)29)36-22(30)17-9-8-10-32-17/h8-10,16,18-21,31H,11-12H2,1-7H3/t16-,18+,19+,20-,21+,24-,25-,26+/m1/s1. The fraction of sp³-hybridized carbons (Fsp3) is 0.692. The molecule has 37 heavy (non-hydrogen) atoms. The fourth-order valence-electron chi connectivity index (χ4n) is 6.95. The Labute approximate surface area is 214 Å². The minimum absolute atomic E-state index is 0.0459. The molecule has 1 aromatic rings. The van der Waals surface area contributed by atoms with E-state index in [9.17, 15) is 24.3 Å². The molecule has 11 nitrogen and oxygen atoms in total. The lowest BCUT2D eigenvalue weighted by Gasteiger charge is -2.65. The largest absolute Gasteiger partial charge is 0.459 e. The van der Waals surface area contributed by atoms with Crippen LogP contribution in [0.1, 0.15) is 71.9 Å². The number of aliphatic hydroxyl groups is 1. The van der Waals surface area contributed by atoms with Gasteiger partial charge in [-0.2, -0.15) is 0 Å². The molecule has 1 spiro atoms. The maximum absolute atomic E-state index is 13.1. The molecule has 2 heterocycles. The molecule has 0 aromatic carbocycles. The zero-order chi connectivity index (χ0) is 27.6. The summed E-state index contributed by atoms with van der Waals surface area (Å²) in [5.41, 5.74) is -6.01. The van der Waals surface area contributed by atoms with E-state index < -0.39 is 76.4 Å². The maximum atomic E-state index is 13.1. The van der Waals surface area contributed by atoms with Crippen LogP contribution in [0.4, 0.5) is 0 Å². The van der Waals surface area contributed by atoms with Crippen molar-refractivity contribution in [3.05, 3.63) is 24.2 Å². The molecule has 1 aromatic heterocycles. The van der Waals surface area contributed by atoms with Gasteiger partial charge in [-0.15, -0.1) is 0 Å². The monoisotopic (exact) mass is 522 g/mol. The van der Waals surface area contributed by atoms with Gasteiger partial charge in [0.1, 0.15) is 23.9 Å². The number of carbonyl (C=O) groups excluding carboxylic acids is 4. The van der Waals surface area contributed by atoms with Crippen molar-refractivity contribution >= 4 is 23.9 Å². The average molecular weight is 523 g/mol. The van der Waals surface area contributed by atoms with Crippen molar-refractivity contribution in [2.45, 2.75) is 103 Å². The molecule has 11 heteroatoms. The predicted molar refractivity (Wildman–Crippen MR) is 124 cm³/mol. The molecular formula is C26H34O11. The molecule has 2 saturated carbocycles. The molecule has 8 atom stereocenters. The molecule has 2 aliphatic carbocycles. The van der Waals surface area contributed by atoms with Gasteiger partial charge in [0.25, 0.3) is 0 Å². The van der Waals surface area contributed by atoms with Gasteiger partial charge in [-0.05, 0) is 46.2 Å². The van der Waals surface area contributed by atoms with E-state index in [2.05, 4.69) is 0 Å². The first-order chi connectivity index (χ1) is 17.1. The van der Waals surface area contributed by atoms with Crippen LogP contribution in [0.2, 0.25) is 0 Å². The van der Waals surface area contributed by atoms with Crippen LogP contribution >= 0.6 is 0 Å². The second-order valence-electron chi connectivity index (χ2n) is 11.1. The van der Waals surface area contributed by atoms with E-state index in [-0.39, 0.29) is 18.6 Å². The molecule has 1 N–H and O–H groups in total. The molecule has 204 valence electrons. The Balaban J connectivity index is 1.96. The van der Waals surface area contributed by atoms with Gasteiger partial charge in [-0.1, -0.05) is 0 Å².